The van der Waals surface area contributed by atoms with Gasteiger partial charge in [0.05, 0.1) is 12.8 Å². The van der Waals surface area contributed by atoms with E-state index >= 15 is 0 Å². The molecule has 1 saturated heterocycles. The van der Waals surface area contributed by atoms with Crippen LogP contribution in [0.5, 0.6) is 5.75 Å². The normalized spacial score (nSPS) is 15.3. The van der Waals surface area contributed by atoms with Crippen LogP contribution in [0.4, 0.5) is 0 Å². The molecule has 1 fully saturated rings. The van der Waals surface area contributed by atoms with Crippen molar-refractivity contribution in [1.29, 1.82) is 0 Å². The molecule has 3 aromatic rings. The molecule has 0 radical (unpaired) electrons. The SMILES string of the molecule is COc1cccc(-c2cn3c(C(=O)N4CCCCCC4)csc3n2)c1. The molecule has 6 heteroatoms. The quantitative estimate of drug-likeness (QED) is 0.711. The lowest BCUT2D eigenvalue weighted by Crippen LogP contribution is -2.32. The fourth-order valence-electron chi connectivity index (χ4n) is 3.30. The van der Waals surface area contributed by atoms with Crippen molar-refractivity contribution >= 4 is 22.2 Å². The molecule has 0 atom stereocenters. The molecular formula is C19H21N3O2S. The number of ether oxygens (including phenoxy) is 1. The number of amides is 1. The van der Waals surface area contributed by atoms with E-state index in [4.69, 9.17) is 4.74 Å². The highest BCUT2D eigenvalue weighted by atomic mass is 32.1. The Labute approximate surface area is 150 Å². The second-order valence-electron chi connectivity index (χ2n) is 6.34. The minimum absolute atomic E-state index is 0.114. The molecule has 0 N–H and O–H groups in total. The summed E-state index contributed by atoms with van der Waals surface area (Å²) in [5, 5.41) is 1.92. The van der Waals surface area contributed by atoms with Crippen LogP contribution in [0, 0.1) is 0 Å². The highest BCUT2D eigenvalue weighted by Gasteiger charge is 2.21. The van der Waals surface area contributed by atoms with Crippen molar-refractivity contribution in [2.75, 3.05) is 20.2 Å². The molecule has 4 rings (SSSR count). The number of methoxy groups -OCH3 is 1. The van der Waals surface area contributed by atoms with Gasteiger partial charge in [-0.1, -0.05) is 25.0 Å². The number of hydrogen-bond donors (Lipinski definition) is 0. The Kier molecular flexibility index (Phi) is 4.44. The summed E-state index contributed by atoms with van der Waals surface area (Å²) < 4.78 is 7.22. The molecule has 130 valence electrons. The standard InChI is InChI=1S/C19H21N3O2S/c1-24-15-8-6-7-14(11-15)16-12-22-17(13-25-19(22)20-16)18(23)21-9-4-2-3-5-10-21/h6-8,11-13H,2-5,9-10H2,1H3. The first-order valence-electron chi connectivity index (χ1n) is 8.66. The summed E-state index contributed by atoms with van der Waals surface area (Å²) in [4.78, 5) is 20.4. The van der Waals surface area contributed by atoms with E-state index in [0.717, 1.165) is 47.9 Å². The molecule has 1 aromatic carbocycles. The molecule has 2 aromatic heterocycles. The van der Waals surface area contributed by atoms with E-state index in [0.29, 0.717) is 5.69 Å². The number of nitrogens with zero attached hydrogens (tertiary/aromatic N) is 3. The van der Waals surface area contributed by atoms with Crippen LogP contribution in [0.1, 0.15) is 36.2 Å². The van der Waals surface area contributed by atoms with E-state index in [1.165, 1.54) is 24.2 Å². The second-order valence-corrected chi connectivity index (χ2v) is 7.17. The molecule has 0 bridgehead atoms. The van der Waals surface area contributed by atoms with Crippen LogP contribution in [0.25, 0.3) is 16.2 Å². The first kappa shape index (κ1) is 16.1. The number of fused-ring (bicyclic) bond motifs is 1. The molecule has 3 heterocycles. The number of aromatic nitrogens is 2. The average molecular weight is 355 g/mol. The average Bonchev–Trinajstić information content (AvgIpc) is 3.11. The van der Waals surface area contributed by atoms with Crippen molar-refractivity contribution in [3.63, 3.8) is 0 Å². The van der Waals surface area contributed by atoms with Crippen LogP contribution in [0.2, 0.25) is 0 Å². The molecule has 5 nitrogen and oxygen atoms in total. The van der Waals surface area contributed by atoms with Crippen molar-refractivity contribution < 1.29 is 9.53 Å². The maximum atomic E-state index is 12.9. The summed E-state index contributed by atoms with van der Waals surface area (Å²) in [6, 6.07) is 7.83. The summed E-state index contributed by atoms with van der Waals surface area (Å²) in [7, 11) is 1.66. The summed E-state index contributed by atoms with van der Waals surface area (Å²) in [6.45, 7) is 1.71. The summed E-state index contributed by atoms with van der Waals surface area (Å²) in [5.41, 5.74) is 2.56. The van der Waals surface area contributed by atoms with Crippen molar-refractivity contribution in [3.8, 4) is 17.0 Å². The van der Waals surface area contributed by atoms with Crippen molar-refractivity contribution in [3.05, 3.63) is 41.5 Å². The fourth-order valence-corrected chi connectivity index (χ4v) is 4.14. The number of benzene rings is 1. The lowest BCUT2D eigenvalue weighted by molar-refractivity contribution is 0.0755. The zero-order valence-electron chi connectivity index (χ0n) is 14.3. The molecule has 1 aliphatic rings. The Morgan fingerprint density at radius 3 is 2.76 bits per heavy atom. The zero-order chi connectivity index (χ0) is 17.2. The van der Waals surface area contributed by atoms with Gasteiger partial charge in [0, 0.05) is 30.2 Å². The van der Waals surface area contributed by atoms with Crippen molar-refractivity contribution in [1.82, 2.24) is 14.3 Å². The Bertz CT molecular complexity index is 891. The molecule has 0 saturated carbocycles. The summed E-state index contributed by atoms with van der Waals surface area (Å²) >= 11 is 1.51. The van der Waals surface area contributed by atoms with Crippen LogP contribution < -0.4 is 4.74 Å². The van der Waals surface area contributed by atoms with Crippen LogP contribution in [0.15, 0.2) is 35.8 Å². The van der Waals surface area contributed by atoms with E-state index in [-0.39, 0.29) is 5.91 Å². The summed E-state index contributed by atoms with van der Waals surface area (Å²) in [6.07, 6.45) is 6.57. The maximum Gasteiger partial charge on any atom is 0.271 e. The largest absolute Gasteiger partial charge is 0.497 e. The van der Waals surface area contributed by atoms with Crippen LogP contribution in [-0.4, -0.2) is 40.4 Å². The number of carbonyl (C=O) groups is 1. The smallest absolute Gasteiger partial charge is 0.271 e. The molecule has 0 unspecified atom stereocenters. The molecule has 1 aliphatic heterocycles. The number of likely N-dealkylation sites (tertiary alicyclic amines) is 1. The van der Waals surface area contributed by atoms with Crippen LogP contribution >= 0.6 is 11.3 Å². The molecular weight excluding hydrogens is 334 g/mol. The van der Waals surface area contributed by atoms with Gasteiger partial charge >= 0.3 is 0 Å². The van der Waals surface area contributed by atoms with Crippen molar-refractivity contribution in [2.45, 2.75) is 25.7 Å². The van der Waals surface area contributed by atoms with Crippen LogP contribution in [0.3, 0.4) is 0 Å². The minimum atomic E-state index is 0.114. The molecule has 25 heavy (non-hydrogen) atoms. The van der Waals surface area contributed by atoms with E-state index in [9.17, 15) is 4.79 Å². The number of rotatable bonds is 3. The van der Waals surface area contributed by atoms with Gasteiger partial charge in [-0.2, -0.15) is 0 Å². The number of thiazole rings is 1. The molecule has 0 spiro atoms. The summed E-state index contributed by atoms with van der Waals surface area (Å²) in [5.74, 6) is 0.914. The predicted molar refractivity (Wildman–Crippen MR) is 99.4 cm³/mol. The third-order valence-corrected chi connectivity index (χ3v) is 5.53. The lowest BCUT2D eigenvalue weighted by Gasteiger charge is -2.19. The van der Waals surface area contributed by atoms with E-state index in [2.05, 4.69) is 4.98 Å². The van der Waals surface area contributed by atoms with Gasteiger partial charge in [-0.25, -0.2) is 4.98 Å². The predicted octanol–water partition coefficient (Wildman–Crippen LogP) is 4.09. The maximum absolute atomic E-state index is 12.9. The lowest BCUT2D eigenvalue weighted by atomic mass is 10.1. The van der Waals surface area contributed by atoms with E-state index in [1.54, 1.807) is 7.11 Å². The third kappa shape index (κ3) is 3.14. The highest BCUT2D eigenvalue weighted by Crippen LogP contribution is 2.27. The Morgan fingerprint density at radius 1 is 1.20 bits per heavy atom. The highest BCUT2D eigenvalue weighted by molar-refractivity contribution is 7.15. The zero-order valence-corrected chi connectivity index (χ0v) is 15.1. The monoisotopic (exact) mass is 355 g/mol. The van der Waals surface area contributed by atoms with Crippen molar-refractivity contribution in [2.24, 2.45) is 0 Å². The van der Waals surface area contributed by atoms with Gasteiger partial charge in [0.1, 0.15) is 11.4 Å². The third-order valence-electron chi connectivity index (χ3n) is 4.69. The molecule has 1 amide bonds. The Balaban J connectivity index is 1.67. The van der Waals surface area contributed by atoms with Gasteiger partial charge in [0.25, 0.3) is 5.91 Å². The number of imidazole rings is 1. The van der Waals surface area contributed by atoms with Gasteiger partial charge in [-0.15, -0.1) is 11.3 Å². The van der Waals surface area contributed by atoms with E-state index in [1.807, 2.05) is 45.1 Å². The Hall–Kier alpha value is -2.34. The van der Waals surface area contributed by atoms with Gasteiger partial charge < -0.3 is 9.64 Å². The van der Waals surface area contributed by atoms with Gasteiger partial charge in [-0.3, -0.25) is 9.20 Å². The minimum Gasteiger partial charge on any atom is -0.497 e. The first-order chi connectivity index (χ1) is 12.3. The topological polar surface area (TPSA) is 46.8 Å². The van der Waals surface area contributed by atoms with Crippen LogP contribution in [-0.2, 0) is 0 Å². The second kappa shape index (κ2) is 6.88. The Morgan fingerprint density at radius 2 is 2.00 bits per heavy atom. The molecule has 0 aliphatic carbocycles. The number of hydrogen-bond acceptors (Lipinski definition) is 4. The van der Waals surface area contributed by atoms with Gasteiger partial charge in [0.2, 0.25) is 0 Å². The first-order valence-corrected chi connectivity index (χ1v) is 9.54. The van der Waals surface area contributed by atoms with Gasteiger partial charge in [0.15, 0.2) is 4.96 Å². The number of carbonyl (C=O) groups excluding carboxylic acids is 1. The van der Waals surface area contributed by atoms with E-state index < -0.39 is 0 Å². The fraction of sp³-hybridized carbons (Fsp3) is 0.368. The van der Waals surface area contributed by atoms with Gasteiger partial charge in [-0.05, 0) is 25.0 Å².